The van der Waals surface area contributed by atoms with Crippen molar-refractivity contribution >= 4 is 28.9 Å². The second kappa shape index (κ2) is 8.12. The van der Waals surface area contributed by atoms with Gasteiger partial charge in [-0.3, -0.25) is 5.32 Å². The van der Waals surface area contributed by atoms with Crippen LogP contribution in [-0.4, -0.2) is 43.4 Å². The van der Waals surface area contributed by atoms with Gasteiger partial charge in [-0.05, 0) is 30.5 Å². The number of rotatable bonds is 5. The summed E-state index contributed by atoms with van der Waals surface area (Å²) in [5.41, 5.74) is 1.05. The number of hydrogen-bond acceptors (Lipinski definition) is 5. The summed E-state index contributed by atoms with van der Waals surface area (Å²) >= 11 is 1.70. The molecule has 0 aliphatic carbocycles. The summed E-state index contributed by atoms with van der Waals surface area (Å²) in [6, 6.07) is 7.73. The third-order valence-corrected chi connectivity index (χ3v) is 4.73. The molecule has 1 aliphatic heterocycles. The third-order valence-electron chi connectivity index (χ3n) is 3.83. The van der Waals surface area contributed by atoms with Gasteiger partial charge in [0.15, 0.2) is 0 Å². The average Bonchev–Trinajstić information content (AvgIpc) is 3.09. The number of anilines is 2. The smallest absolute Gasteiger partial charge is 0.320 e. The second-order valence-electron chi connectivity index (χ2n) is 5.78. The van der Waals surface area contributed by atoms with Crippen molar-refractivity contribution in [3.05, 3.63) is 40.7 Å². The molecule has 0 aromatic carbocycles. The maximum absolute atomic E-state index is 12.1. The zero-order valence-corrected chi connectivity index (χ0v) is 14.5. The summed E-state index contributed by atoms with van der Waals surface area (Å²) in [6.07, 6.45) is 2.62. The number of aromatic nitrogens is 1. The molecule has 6 nitrogen and oxygen atoms in total. The maximum atomic E-state index is 12.1. The van der Waals surface area contributed by atoms with E-state index in [9.17, 15) is 4.79 Å². The lowest BCUT2D eigenvalue weighted by Crippen LogP contribution is -2.37. The highest BCUT2D eigenvalue weighted by molar-refractivity contribution is 7.09. The first-order chi connectivity index (χ1) is 11.7. The highest BCUT2D eigenvalue weighted by Gasteiger charge is 2.12. The predicted octanol–water partition coefficient (Wildman–Crippen LogP) is 2.73. The average molecular weight is 346 g/mol. The second-order valence-corrected chi connectivity index (χ2v) is 6.82. The monoisotopic (exact) mass is 346 g/mol. The number of carbonyl (C=O) groups excluding carboxylic acids is 1. The number of pyridine rings is 1. The summed E-state index contributed by atoms with van der Waals surface area (Å²) in [6.45, 7) is 5.22. The molecule has 1 fully saturated rings. The minimum Gasteiger partial charge on any atom is -0.378 e. The molecule has 0 unspecified atom stereocenters. The van der Waals surface area contributed by atoms with Crippen molar-refractivity contribution in [2.75, 3.05) is 36.5 Å². The van der Waals surface area contributed by atoms with E-state index in [-0.39, 0.29) is 12.1 Å². The Morgan fingerprint density at radius 3 is 2.88 bits per heavy atom. The van der Waals surface area contributed by atoms with Gasteiger partial charge in [-0.25, -0.2) is 9.78 Å². The van der Waals surface area contributed by atoms with Crippen LogP contribution >= 0.6 is 11.3 Å². The Labute approximate surface area is 145 Å². The van der Waals surface area contributed by atoms with Crippen LogP contribution in [0.4, 0.5) is 16.3 Å². The van der Waals surface area contributed by atoms with Crippen LogP contribution in [0.25, 0.3) is 0 Å². The van der Waals surface area contributed by atoms with Crippen LogP contribution in [0.15, 0.2) is 35.8 Å². The molecule has 1 atom stereocenters. The number of carbonyl (C=O) groups is 1. The molecule has 7 heteroatoms. The zero-order chi connectivity index (χ0) is 16.8. The fourth-order valence-electron chi connectivity index (χ4n) is 2.63. The maximum Gasteiger partial charge on any atom is 0.320 e. The highest BCUT2D eigenvalue weighted by Crippen LogP contribution is 2.16. The van der Waals surface area contributed by atoms with Crippen LogP contribution in [0, 0.1) is 0 Å². The molecule has 2 N–H and O–H groups in total. The Morgan fingerprint density at radius 1 is 1.38 bits per heavy atom. The molecule has 0 saturated carbocycles. The number of morpholine rings is 1. The normalized spacial score (nSPS) is 15.8. The number of ether oxygens (including phenoxy) is 1. The number of urea groups is 1. The first kappa shape index (κ1) is 16.7. The number of thiophene rings is 1. The Morgan fingerprint density at radius 2 is 2.21 bits per heavy atom. The van der Waals surface area contributed by atoms with Gasteiger partial charge in [0.1, 0.15) is 5.82 Å². The Hall–Kier alpha value is -2.12. The minimum atomic E-state index is -0.231. The molecule has 1 aliphatic rings. The Kier molecular flexibility index (Phi) is 5.66. The lowest BCUT2D eigenvalue weighted by molar-refractivity contribution is 0.122. The molecule has 3 rings (SSSR count). The fourth-order valence-corrected chi connectivity index (χ4v) is 3.46. The standard InChI is InChI=1S/C17H22N4O2S/c1-13(11-15-3-2-10-24-15)19-17(22)20-16-5-4-14(12-18-16)21-6-8-23-9-7-21/h2-5,10,12-13H,6-9,11H2,1H3,(H2,18,19,20,22)/t13-/m1/s1. The summed E-state index contributed by atoms with van der Waals surface area (Å²) < 4.78 is 5.35. The van der Waals surface area contributed by atoms with Crippen LogP contribution in [0.2, 0.25) is 0 Å². The van der Waals surface area contributed by atoms with Gasteiger partial charge in [-0.2, -0.15) is 0 Å². The van der Waals surface area contributed by atoms with E-state index in [4.69, 9.17) is 4.74 Å². The van der Waals surface area contributed by atoms with Crippen LogP contribution in [0.3, 0.4) is 0 Å². The molecule has 0 bridgehead atoms. The van der Waals surface area contributed by atoms with Crippen molar-refractivity contribution in [1.29, 1.82) is 0 Å². The molecule has 0 spiro atoms. The van der Waals surface area contributed by atoms with Gasteiger partial charge in [-0.15, -0.1) is 11.3 Å². The Bertz CT molecular complexity index is 639. The largest absolute Gasteiger partial charge is 0.378 e. The van der Waals surface area contributed by atoms with E-state index >= 15 is 0 Å². The quantitative estimate of drug-likeness (QED) is 0.874. The first-order valence-corrected chi connectivity index (χ1v) is 8.97. The van der Waals surface area contributed by atoms with E-state index in [1.54, 1.807) is 17.5 Å². The van der Waals surface area contributed by atoms with Crippen LogP contribution in [0.1, 0.15) is 11.8 Å². The lowest BCUT2D eigenvalue weighted by atomic mass is 10.2. The summed E-state index contributed by atoms with van der Waals surface area (Å²) in [5.74, 6) is 0.549. The van der Waals surface area contributed by atoms with E-state index in [0.29, 0.717) is 5.82 Å². The van der Waals surface area contributed by atoms with E-state index in [1.165, 1.54) is 4.88 Å². The molecule has 2 aromatic heterocycles. The number of nitrogens with one attached hydrogen (secondary N) is 2. The van der Waals surface area contributed by atoms with Gasteiger partial charge in [0.2, 0.25) is 0 Å². The van der Waals surface area contributed by atoms with Crippen molar-refractivity contribution in [3.8, 4) is 0 Å². The molecule has 1 saturated heterocycles. The molecule has 2 amide bonds. The molecule has 0 radical (unpaired) electrons. The fraction of sp³-hybridized carbons (Fsp3) is 0.412. The Balaban J connectivity index is 1.48. The van der Waals surface area contributed by atoms with Crippen LogP contribution in [0.5, 0.6) is 0 Å². The molecular formula is C17H22N4O2S. The molecule has 3 heterocycles. The zero-order valence-electron chi connectivity index (χ0n) is 13.7. The number of nitrogens with zero attached hydrogens (tertiary/aromatic N) is 2. The topological polar surface area (TPSA) is 66.5 Å². The SMILES string of the molecule is C[C@H](Cc1cccs1)NC(=O)Nc1ccc(N2CCOCC2)cn1. The van der Waals surface area contributed by atoms with Gasteiger partial charge in [-0.1, -0.05) is 6.07 Å². The van der Waals surface area contributed by atoms with Crippen molar-refractivity contribution in [3.63, 3.8) is 0 Å². The summed E-state index contributed by atoms with van der Waals surface area (Å²) in [4.78, 5) is 19.9. The van der Waals surface area contributed by atoms with Crippen LogP contribution in [-0.2, 0) is 11.2 Å². The summed E-state index contributed by atoms with van der Waals surface area (Å²) in [7, 11) is 0. The lowest BCUT2D eigenvalue weighted by Gasteiger charge is -2.28. The number of amides is 2. The predicted molar refractivity (Wildman–Crippen MR) is 96.9 cm³/mol. The van der Waals surface area contributed by atoms with Gasteiger partial charge < -0.3 is 15.0 Å². The summed E-state index contributed by atoms with van der Waals surface area (Å²) in [5, 5.41) is 7.76. The van der Waals surface area contributed by atoms with Crippen molar-refractivity contribution in [1.82, 2.24) is 10.3 Å². The van der Waals surface area contributed by atoms with Crippen molar-refractivity contribution in [2.24, 2.45) is 0 Å². The molecule has 128 valence electrons. The van der Waals surface area contributed by atoms with Gasteiger partial charge in [0.25, 0.3) is 0 Å². The molecule has 24 heavy (non-hydrogen) atoms. The highest BCUT2D eigenvalue weighted by atomic mass is 32.1. The van der Waals surface area contributed by atoms with Gasteiger partial charge in [0, 0.05) is 30.4 Å². The van der Waals surface area contributed by atoms with Gasteiger partial charge in [0.05, 0.1) is 25.1 Å². The molecule has 2 aromatic rings. The van der Waals surface area contributed by atoms with E-state index in [0.717, 1.165) is 38.4 Å². The van der Waals surface area contributed by atoms with E-state index in [2.05, 4.69) is 26.6 Å². The van der Waals surface area contributed by atoms with E-state index in [1.807, 2.05) is 30.5 Å². The first-order valence-electron chi connectivity index (χ1n) is 8.09. The number of hydrogen-bond donors (Lipinski definition) is 2. The van der Waals surface area contributed by atoms with E-state index < -0.39 is 0 Å². The van der Waals surface area contributed by atoms with Crippen LogP contribution < -0.4 is 15.5 Å². The van der Waals surface area contributed by atoms with Crippen molar-refractivity contribution < 1.29 is 9.53 Å². The van der Waals surface area contributed by atoms with Gasteiger partial charge >= 0.3 is 6.03 Å². The third kappa shape index (κ3) is 4.69. The molecular weight excluding hydrogens is 324 g/mol. The minimum absolute atomic E-state index is 0.0660. The van der Waals surface area contributed by atoms with Crippen molar-refractivity contribution in [2.45, 2.75) is 19.4 Å².